The predicted octanol–water partition coefficient (Wildman–Crippen LogP) is 1.08. The van der Waals surface area contributed by atoms with Crippen LogP contribution in [0.5, 0.6) is 0 Å². The van der Waals surface area contributed by atoms with Gasteiger partial charge in [0.2, 0.25) is 5.95 Å². The van der Waals surface area contributed by atoms with Crippen molar-refractivity contribution in [1.82, 2.24) is 29.6 Å². The van der Waals surface area contributed by atoms with Gasteiger partial charge in [0.05, 0.1) is 12.2 Å². The highest BCUT2D eigenvalue weighted by Gasteiger charge is 2.24. The van der Waals surface area contributed by atoms with E-state index < -0.39 is 0 Å². The lowest BCUT2D eigenvalue weighted by molar-refractivity contribution is 0.0938. The zero-order valence-corrected chi connectivity index (χ0v) is 14.6. The quantitative estimate of drug-likeness (QED) is 0.761. The first-order chi connectivity index (χ1) is 12.7. The average molecular weight is 351 g/mol. The number of hydrogen-bond acceptors (Lipinski definition) is 5. The number of nitrogens with one attached hydrogen (secondary N) is 1. The van der Waals surface area contributed by atoms with E-state index in [2.05, 4.69) is 25.3 Å². The molecule has 0 fully saturated rings. The molecule has 134 valence electrons. The highest BCUT2D eigenvalue weighted by atomic mass is 16.1. The van der Waals surface area contributed by atoms with Gasteiger partial charge in [0.25, 0.3) is 5.91 Å². The molecule has 1 N–H and O–H groups in total. The lowest BCUT2D eigenvalue weighted by Crippen LogP contribution is -2.37. The van der Waals surface area contributed by atoms with Crippen LogP contribution in [-0.4, -0.2) is 43.3 Å². The third kappa shape index (κ3) is 3.30. The topological polar surface area (TPSA) is 80.9 Å². The van der Waals surface area contributed by atoms with E-state index in [4.69, 9.17) is 0 Å². The number of aromatic nitrogens is 5. The summed E-state index contributed by atoms with van der Waals surface area (Å²) in [4.78, 5) is 23.3. The number of fused-ring (bicyclic) bond motifs is 1. The lowest BCUT2D eigenvalue weighted by atomic mass is 10.1. The smallest absolute Gasteiger partial charge is 0.267 e. The summed E-state index contributed by atoms with van der Waals surface area (Å²) in [6.45, 7) is 2.76. The van der Waals surface area contributed by atoms with Gasteiger partial charge in [-0.15, -0.1) is 0 Å². The van der Waals surface area contributed by atoms with Gasteiger partial charge < -0.3 is 14.8 Å². The van der Waals surface area contributed by atoms with Gasteiger partial charge in [-0.2, -0.15) is 5.10 Å². The van der Waals surface area contributed by atoms with Crippen molar-refractivity contribution >= 4 is 11.9 Å². The summed E-state index contributed by atoms with van der Waals surface area (Å²) >= 11 is 0. The zero-order chi connectivity index (χ0) is 17.9. The second-order valence-electron chi connectivity index (χ2n) is 6.51. The largest absolute Gasteiger partial charge is 0.350 e. The Morgan fingerprint density at radius 1 is 1.19 bits per heavy atom. The third-order valence-electron chi connectivity index (χ3n) is 4.63. The van der Waals surface area contributed by atoms with Crippen molar-refractivity contribution in [2.24, 2.45) is 13.0 Å². The molecule has 4 rings (SSSR count). The molecule has 8 heteroatoms. The standard InChI is InChI=1S/C18H21N7O/c1-23-9-2-4-16(23)17(26)21-10-14-11-24(18-19-6-3-7-20-18)13-15-5-8-22-25(15)12-14/h2-9,14H,10-13H2,1H3,(H,21,26)/t14-/m1/s1. The van der Waals surface area contributed by atoms with Crippen molar-refractivity contribution < 1.29 is 4.79 Å². The summed E-state index contributed by atoms with van der Waals surface area (Å²) in [7, 11) is 1.87. The minimum atomic E-state index is -0.0649. The fourth-order valence-electron chi connectivity index (χ4n) is 3.29. The second kappa shape index (κ2) is 6.99. The Balaban J connectivity index is 1.50. The first kappa shape index (κ1) is 16.3. The SMILES string of the molecule is Cn1cccc1C(=O)NC[C@@H]1CN(c2ncccn2)Cc2ccnn2C1. The van der Waals surface area contributed by atoms with E-state index in [1.807, 2.05) is 53.0 Å². The average Bonchev–Trinajstić information content (AvgIpc) is 3.24. The normalized spacial score (nSPS) is 16.8. The maximum Gasteiger partial charge on any atom is 0.267 e. The van der Waals surface area contributed by atoms with Crippen LogP contribution in [0.15, 0.2) is 49.1 Å². The van der Waals surface area contributed by atoms with Crippen LogP contribution < -0.4 is 10.2 Å². The number of nitrogens with zero attached hydrogens (tertiary/aromatic N) is 6. The van der Waals surface area contributed by atoms with Gasteiger partial charge in [-0.3, -0.25) is 9.48 Å². The number of carbonyl (C=O) groups is 1. The van der Waals surface area contributed by atoms with Crippen molar-refractivity contribution in [3.63, 3.8) is 0 Å². The highest BCUT2D eigenvalue weighted by Crippen LogP contribution is 2.19. The molecule has 0 spiro atoms. The minimum Gasteiger partial charge on any atom is -0.350 e. The van der Waals surface area contributed by atoms with Gasteiger partial charge >= 0.3 is 0 Å². The summed E-state index contributed by atoms with van der Waals surface area (Å²) in [6.07, 6.45) is 7.17. The van der Waals surface area contributed by atoms with E-state index in [0.717, 1.165) is 18.8 Å². The van der Waals surface area contributed by atoms with Crippen molar-refractivity contribution in [1.29, 1.82) is 0 Å². The van der Waals surface area contributed by atoms with E-state index in [0.29, 0.717) is 24.7 Å². The molecule has 1 aliphatic rings. The van der Waals surface area contributed by atoms with Crippen LogP contribution in [0.1, 0.15) is 16.2 Å². The Hall–Kier alpha value is -3.16. The van der Waals surface area contributed by atoms with E-state index >= 15 is 0 Å². The molecule has 1 atom stereocenters. The fraction of sp³-hybridized carbons (Fsp3) is 0.333. The third-order valence-corrected chi connectivity index (χ3v) is 4.63. The molecule has 0 bridgehead atoms. The van der Waals surface area contributed by atoms with E-state index in [1.54, 1.807) is 12.4 Å². The van der Waals surface area contributed by atoms with Gasteiger partial charge in [-0.25, -0.2) is 9.97 Å². The molecule has 0 aromatic carbocycles. The van der Waals surface area contributed by atoms with Crippen molar-refractivity contribution in [3.8, 4) is 0 Å². The number of hydrogen-bond donors (Lipinski definition) is 1. The molecule has 0 unspecified atom stereocenters. The van der Waals surface area contributed by atoms with Crippen LogP contribution in [0.3, 0.4) is 0 Å². The van der Waals surface area contributed by atoms with Crippen molar-refractivity contribution in [3.05, 3.63) is 60.4 Å². The molecule has 3 aromatic rings. The molecular weight excluding hydrogens is 330 g/mol. The summed E-state index contributed by atoms with van der Waals surface area (Å²) in [5.41, 5.74) is 1.77. The molecular formula is C18H21N7O. The van der Waals surface area contributed by atoms with Crippen molar-refractivity contribution in [2.45, 2.75) is 13.1 Å². The Bertz CT molecular complexity index is 886. The Kier molecular flexibility index (Phi) is 4.39. The minimum absolute atomic E-state index is 0.0649. The number of aryl methyl sites for hydroxylation is 1. The van der Waals surface area contributed by atoms with Crippen LogP contribution in [-0.2, 0) is 20.1 Å². The first-order valence-electron chi connectivity index (χ1n) is 8.63. The monoisotopic (exact) mass is 351 g/mol. The molecule has 0 radical (unpaired) electrons. The summed E-state index contributed by atoms with van der Waals surface area (Å²) in [5.74, 6) is 0.829. The maximum absolute atomic E-state index is 12.4. The van der Waals surface area contributed by atoms with Crippen molar-refractivity contribution in [2.75, 3.05) is 18.0 Å². The summed E-state index contributed by atoms with van der Waals surface area (Å²) in [5, 5.41) is 7.47. The fourth-order valence-corrected chi connectivity index (χ4v) is 3.29. The maximum atomic E-state index is 12.4. The van der Waals surface area contributed by atoms with Crippen LogP contribution >= 0.6 is 0 Å². The molecule has 26 heavy (non-hydrogen) atoms. The molecule has 3 aromatic heterocycles. The number of anilines is 1. The molecule has 4 heterocycles. The van der Waals surface area contributed by atoms with Gasteiger partial charge in [-0.1, -0.05) is 0 Å². The van der Waals surface area contributed by atoms with Gasteiger partial charge in [-0.05, 0) is 24.3 Å². The molecule has 8 nitrogen and oxygen atoms in total. The number of rotatable bonds is 4. The lowest BCUT2D eigenvalue weighted by Gasteiger charge is -2.24. The predicted molar refractivity (Wildman–Crippen MR) is 96.5 cm³/mol. The Morgan fingerprint density at radius 3 is 2.81 bits per heavy atom. The number of carbonyl (C=O) groups excluding carboxylic acids is 1. The second-order valence-corrected chi connectivity index (χ2v) is 6.51. The molecule has 1 aliphatic heterocycles. The summed E-state index contributed by atoms with van der Waals surface area (Å²) in [6, 6.07) is 7.51. The Labute approximate surface area is 151 Å². The molecule has 0 aliphatic carbocycles. The van der Waals surface area contributed by atoms with Crippen LogP contribution in [0.4, 0.5) is 5.95 Å². The van der Waals surface area contributed by atoms with E-state index in [-0.39, 0.29) is 11.8 Å². The van der Waals surface area contributed by atoms with Gasteiger partial charge in [0, 0.05) is 57.4 Å². The summed E-state index contributed by atoms with van der Waals surface area (Å²) < 4.78 is 3.82. The van der Waals surface area contributed by atoms with Crippen LogP contribution in [0.2, 0.25) is 0 Å². The van der Waals surface area contributed by atoms with E-state index in [9.17, 15) is 4.79 Å². The van der Waals surface area contributed by atoms with Gasteiger partial charge in [0.15, 0.2) is 0 Å². The van der Waals surface area contributed by atoms with E-state index in [1.165, 1.54) is 0 Å². The van der Waals surface area contributed by atoms with Crippen LogP contribution in [0, 0.1) is 5.92 Å². The van der Waals surface area contributed by atoms with Crippen LogP contribution in [0.25, 0.3) is 0 Å². The first-order valence-corrected chi connectivity index (χ1v) is 8.63. The number of amides is 1. The zero-order valence-electron chi connectivity index (χ0n) is 14.6. The molecule has 0 saturated carbocycles. The molecule has 1 amide bonds. The molecule has 0 saturated heterocycles. The van der Waals surface area contributed by atoms with Gasteiger partial charge in [0.1, 0.15) is 5.69 Å². The highest BCUT2D eigenvalue weighted by molar-refractivity contribution is 5.92. The Morgan fingerprint density at radius 2 is 2.04 bits per heavy atom.